The molecule has 222 valence electrons. The maximum atomic E-state index is 12.2. The fourth-order valence-electron chi connectivity index (χ4n) is 8.25. The number of nitrogens with zero attached hydrogens (tertiary/aromatic N) is 3. The van der Waals surface area contributed by atoms with Crippen LogP contribution in [0.25, 0.3) is 43.1 Å². The standard InChI is InChI=1S/C37H35N3O4/c1-38(2)34-21-12-7-5-10-19(21)27(20-11-6-8-13-22(20)34)32-36(43)33(37(32)44)31-28-23(14-9-15-25(28)41)35-29-24(39(3)18-40(35)4)16-17-26(42)30(29)31/h5-17,32-33,36-37,41-44H,18H2,1-4H3. The van der Waals surface area contributed by atoms with E-state index in [2.05, 4.69) is 39.0 Å². The Labute approximate surface area is 255 Å². The van der Waals surface area contributed by atoms with Gasteiger partial charge in [0, 0.05) is 78.0 Å². The molecule has 0 amide bonds. The summed E-state index contributed by atoms with van der Waals surface area (Å²) in [6, 6.07) is 25.4. The maximum absolute atomic E-state index is 12.2. The average molecular weight is 586 g/mol. The number of fused-ring (bicyclic) bond motifs is 4. The molecule has 1 fully saturated rings. The van der Waals surface area contributed by atoms with Crippen molar-refractivity contribution in [1.29, 1.82) is 0 Å². The Morgan fingerprint density at radius 2 is 1.14 bits per heavy atom. The van der Waals surface area contributed by atoms with Crippen LogP contribution in [-0.2, 0) is 0 Å². The summed E-state index contributed by atoms with van der Waals surface area (Å²) in [7, 11) is 8.08. The van der Waals surface area contributed by atoms with Crippen LogP contribution in [0.1, 0.15) is 23.0 Å². The number of rotatable bonds is 3. The van der Waals surface area contributed by atoms with Gasteiger partial charge < -0.3 is 35.1 Å². The summed E-state index contributed by atoms with van der Waals surface area (Å²) in [5.41, 5.74) is 4.45. The third-order valence-corrected chi connectivity index (χ3v) is 9.98. The number of benzene rings is 6. The fourth-order valence-corrected chi connectivity index (χ4v) is 8.25. The average Bonchev–Trinajstić information content (AvgIpc) is 3.00. The number of anilines is 3. The van der Waals surface area contributed by atoms with Crippen molar-refractivity contribution >= 4 is 60.2 Å². The zero-order chi connectivity index (χ0) is 30.6. The Kier molecular flexibility index (Phi) is 5.73. The lowest BCUT2D eigenvalue weighted by Gasteiger charge is -2.49. The van der Waals surface area contributed by atoms with Gasteiger partial charge in [0.15, 0.2) is 0 Å². The van der Waals surface area contributed by atoms with Crippen LogP contribution < -0.4 is 14.7 Å². The van der Waals surface area contributed by atoms with Crippen molar-refractivity contribution in [2.75, 3.05) is 49.6 Å². The van der Waals surface area contributed by atoms with Gasteiger partial charge in [-0.1, -0.05) is 60.7 Å². The van der Waals surface area contributed by atoms with Crippen LogP contribution in [0.2, 0.25) is 0 Å². The monoisotopic (exact) mass is 585 g/mol. The molecule has 1 aliphatic heterocycles. The van der Waals surface area contributed by atoms with Gasteiger partial charge in [-0.25, -0.2) is 0 Å². The van der Waals surface area contributed by atoms with E-state index >= 15 is 0 Å². The quantitative estimate of drug-likeness (QED) is 0.183. The molecular formula is C37H35N3O4. The molecule has 1 heterocycles. The van der Waals surface area contributed by atoms with E-state index in [1.54, 1.807) is 12.1 Å². The first-order valence-corrected chi connectivity index (χ1v) is 15.0. The molecule has 0 saturated heterocycles. The second kappa shape index (κ2) is 9.39. The van der Waals surface area contributed by atoms with E-state index in [4.69, 9.17) is 0 Å². The van der Waals surface area contributed by atoms with Crippen LogP contribution in [0.4, 0.5) is 17.1 Å². The lowest BCUT2D eigenvalue weighted by Crippen LogP contribution is -2.52. The third-order valence-electron chi connectivity index (χ3n) is 9.98. The van der Waals surface area contributed by atoms with Crippen molar-refractivity contribution in [3.05, 3.63) is 90.0 Å². The molecule has 1 aliphatic carbocycles. The number of aliphatic hydroxyl groups excluding tert-OH is 2. The Balaban J connectivity index is 1.41. The first-order valence-electron chi connectivity index (χ1n) is 15.0. The van der Waals surface area contributed by atoms with E-state index in [-0.39, 0.29) is 11.5 Å². The van der Waals surface area contributed by atoms with Crippen LogP contribution in [0, 0.1) is 0 Å². The van der Waals surface area contributed by atoms with E-state index in [9.17, 15) is 20.4 Å². The van der Waals surface area contributed by atoms with Crippen molar-refractivity contribution < 1.29 is 20.4 Å². The van der Waals surface area contributed by atoms with Crippen LogP contribution in [-0.4, -0.2) is 67.5 Å². The van der Waals surface area contributed by atoms with Gasteiger partial charge in [-0.05, 0) is 40.1 Å². The number of aromatic hydroxyl groups is 2. The molecule has 7 heteroatoms. The van der Waals surface area contributed by atoms with Crippen LogP contribution >= 0.6 is 0 Å². The highest BCUT2D eigenvalue weighted by Gasteiger charge is 2.53. The summed E-state index contributed by atoms with van der Waals surface area (Å²) in [6.45, 7) is 0.636. The van der Waals surface area contributed by atoms with Crippen molar-refractivity contribution in [3.8, 4) is 11.5 Å². The van der Waals surface area contributed by atoms with Crippen LogP contribution in [0.3, 0.4) is 0 Å². The highest BCUT2D eigenvalue weighted by molar-refractivity contribution is 6.22. The van der Waals surface area contributed by atoms with Crippen molar-refractivity contribution in [2.24, 2.45) is 0 Å². The first kappa shape index (κ1) is 26.9. The highest BCUT2D eigenvalue weighted by atomic mass is 16.3. The molecule has 2 aliphatic rings. The minimum atomic E-state index is -0.972. The van der Waals surface area contributed by atoms with E-state index in [0.29, 0.717) is 23.0 Å². The second-order valence-corrected chi connectivity index (χ2v) is 12.6. The van der Waals surface area contributed by atoms with Crippen LogP contribution in [0.15, 0.2) is 78.9 Å². The molecule has 0 radical (unpaired) electrons. The molecule has 0 bridgehead atoms. The Bertz CT molecular complexity index is 2090. The lowest BCUT2D eigenvalue weighted by atomic mass is 9.60. The van der Waals surface area contributed by atoms with Gasteiger partial charge in [0.1, 0.15) is 11.5 Å². The van der Waals surface area contributed by atoms with Crippen molar-refractivity contribution in [2.45, 2.75) is 24.0 Å². The number of phenols is 2. The van der Waals surface area contributed by atoms with Crippen molar-refractivity contribution in [1.82, 2.24) is 0 Å². The number of aliphatic hydroxyl groups is 2. The summed E-state index contributed by atoms with van der Waals surface area (Å²) in [5.74, 6) is -1.20. The molecule has 1 saturated carbocycles. The molecule has 8 rings (SSSR count). The van der Waals surface area contributed by atoms with Gasteiger partial charge in [0.2, 0.25) is 0 Å². The smallest absolute Gasteiger partial charge is 0.123 e. The third kappa shape index (κ3) is 3.39. The number of hydrogen-bond donors (Lipinski definition) is 4. The van der Waals surface area contributed by atoms with E-state index in [1.807, 2.05) is 70.7 Å². The normalized spacial score (nSPS) is 21.4. The number of hydrogen-bond acceptors (Lipinski definition) is 7. The van der Waals surface area contributed by atoms with E-state index in [0.717, 1.165) is 54.9 Å². The zero-order valence-electron chi connectivity index (χ0n) is 25.2. The predicted molar refractivity (Wildman–Crippen MR) is 180 cm³/mol. The molecule has 0 aromatic heterocycles. The Hall–Kier alpha value is -4.72. The van der Waals surface area contributed by atoms with Crippen LogP contribution in [0.5, 0.6) is 11.5 Å². The van der Waals surface area contributed by atoms with Gasteiger partial charge in [0.25, 0.3) is 0 Å². The first-order chi connectivity index (χ1) is 21.2. The number of phenolic OH excluding ortho intramolecular Hbond substituents is 2. The summed E-state index contributed by atoms with van der Waals surface area (Å²) in [4.78, 5) is 6.35. The molecule has 2 atom stereocenters. The van der Waals surface area contributed by atoms with Gasteiger partial charge in [-0.2, -0.15) is 0 Å². The van der Waals surface area contributed by atoms with Crippen molar-refractivity contribution in [3.63, 3.8) is 0 Å². The molecular weight excluding hydrogens is 550 g/mol. The minimum absolute atomic E-state index is 0.0573. The van der Waals surface area contributed by atoms with E-state index in [1.165, 1.54) is 0 Å². The predicted octanol–water partition coefficient (Wildman–Crippen LogP) is 6.22. The molecule has 6 aromatic rings. The summed E-state index contributed by atoms with van der Waals surface area (Å²) >= 11 is 0. The molecule has 7 nitrogen and oxygen atoms in total. The lowest BCUT2D eigenvalue weighted by molar-refractivity contribution is -0.0766. The van der Waals surface area contributed by atoms with Gasteiger partial charge in [0.05, 0.1) is 30.3 Å². The Morgan fingerprint density at radius 1 is 0.591 bits per heavy atom. The SMILES string of the molecule is CN(C)c1c2ccccc2c(C2C(O)C(c3c4c(O)cccc4c4c5c(ccc(O)c35)N(C)CN4C)C2O)c2ccccc12. The minimum Gasteiger partial charge on any atom is -0.507 e. The summed E-state index contributed by atoms with van der Waals surface area (Å²) < 4.78 is 0. The molecule has 6 aromatic carbocycles. The van der Waals surface area contributed by atoms with Gasteiger partial charge in [-0.3, -0.25) is 0 Å². The highest BCUT2D eigenvalue weighted by Crippen LogP contribution is 2.59. The molecule has 2 unspecified atom stereocenters. The summed E-state index contributed by atoms with van der Waals surface area (Å²) in [5, 5.41) is 54.1. The maximum Gasteiger partial charge on any atom is 0.123 e. The van der Waals surface area contributed by atoms with Gasteiger partial charge >= 0.3 is 0 Å². The summed E-state index contributed by atoms with van der Waals surface area (Å²) in [6.07, 6.45) is -1.94. The fraction of sp³-hybridized carbons (Fsp3) is 0.243. The van der Waals surface area contributed by atoms with E-state index < -0.39 is 24.0 Å². The molecule has 44 heavy (non-hydrogen) atoms. The Morgan fingerprint density at radius 3 is 1.75 bits per heavy atom. The zero-order valence-corrected chi connectivity index (χ0v) is 25.2. The van der Waals surface area contributed by atoms with Gasteiger partial charge in [-0.15, -0.1) is 0 Å². The second-order valence-electron chi connectivity index (χ2n) is 12.6. The molecule has 4 N–H and O–H groups in total. The molecule has 0 spiro atoms. The largest absolute Gasteiger partial charge is 0.507 e. The topological polar surface area (TPSA) is 90.6 Å².